The second-order valence-corrected chi connectivity index (χ2v) is 6.49. The Hall–Kier alpha value is 0.310. The maximum absolute atomic E-state index is 3.69. The van der Waals surface area contributed by atoms with Crippen LogP contribution in [-0.4, -0.2) is 23.1 Å². The van der Waals surface area contributed by atoms with Gasteiger partial charge < -0.3 is 5.32 Å². The summed E-state index contributed by atoms with van der Waals surface area (Å²) in [5.74, 6) is 0. The Kier molecular flexibility index (Phi) is 7.55. The number of hydrogen-bond acceptors (Lipinski definition) is 2. The fourth-order valence-electron chi connectivity index (χ4n) is 2.74. The lowest BCUT2D eigenvalue weighted by Gasteiger charge is -2.28. The first-order chi connectivity index (χ1) is 7.81. The molecule has 1 aliphatic rings. The summed E-state index contributed by atoms with van der Waals surface area (Å²) in [7, 11) is 0. The first-order valence-electron chi connectivity index (χ1n) is 7.20. The zero-order valence-corrected chi connectivity index (χ0v) is 12.1. The van der Waals surface area contributed by atoms with Gasteiger partial charge in [-0.2, -0.15) is 11.8 Å². The lowest BCUT2D eigenvalue weighted by molar-refractivity contribution is 0.464. The van der Waals surface area contributed by atoms with Gasteiger partial charge in [0, 0.05) is 16.5 Å². The van der Waals surface area contributed by atoms with Crippen molar-refractivity contribution in [3.8, 4) is 0 Å². The van der Waals surface area contributed by atoms with Crippen molar-refractivity contribution < 1.29 is 0 Å². The molecule has 0 aromatic carbocycles. The van der Waals surface area contributed by atoms with E-state index in [0.717, 1.165) is 23.1 Å². The maximum Gasteiger partial charge on any atom is 0.0201 e. The Balaban J connectivity index is 2.40. The van der Waals surface area contributed by atoms with Gasteiger partial charge in [-0.25, -0.2) is 0 Å². The van der Waals surface area contributed by atoms with Crippen molar-refractivity contribution in [2.45, 2.75) is 82.3 Å². The molecule has 0 saturated heterocycles. The Morgan fingerprint density at radius 3 is 2.38 bits per heavy atom. The monoisotopic (exact) mass is 243 g/mol. The fourth-order valence-corrected chi connectivity index (χ4v) is 4.45. The van der Waals surface area contributed by atoms with Crippen LogP contribution in [0.1, 0.15) is 65.7 Å². The molecule has 96 valence electrons. The zero-order chi connectivity index (χ0) is 11.8. The van der Waals surface area contributed by atoms with Crippen molar-refractivity contribution >= 4 is 11.8 Å². The Bertz CT molecular complexity index is 160. The molecule has 1 aliphatic carbocycles. The molecular formula is C14H29NS. The lowest BCUT2D eigenvalue weighted by Crippen LogP contribution is -2.38. The molecule has 0 aliphatic heterocycles. The van der Waals surface area contributed by atoms with Gasteiger partial charge in [0.25, 0.3) is 0 Å². The molecule has 0 spiro atoms. The van der Waals surface area contributed by atoms with Crippen LogP contribution < -0.4 is 5.32 Å². The van der Waals surface area contributed by atoms with E-state index in [1.165, 1.54) is 44.9 Å². The topological polar surface area (TPSA) is 12.0 Å². The number of thioether (sulfide) groups is 1. The summed E-state index contributed by atoms with van der Waals surface area (Å²) in [6.45, 7) is 8.01. The smallest absolute Gasteiger partial charge is 0.0201 e. The van der Waals surface area contributed by atoms with E-state index in [4.69, 9.17) is 0 Å². The summed E-state index contributed by atoms with van der Waals surface area (Å²) in [4.78, 5) is 0. The molecule has 0 radical (unpaired) electrons. The standard InChI is InChI=1S/C14H29NS/c1-4-9-13(15-6-3)14(5-2)16-12-10-7-8-11-12/h12-15H,4-11H2,1-3H3. The maximum atomic E-state index is 3.69. The van der Waals surface area contributed by atoms with Crippen LogP contribution in [0.25, 0.3) is 0 Å². The molecule has 16 heavy (non-hydrogen) atoms. The molecule has 1 fully saturated rings. The summed E-state index contributed by atoms with van der Waals surface area (Å²) < 4.78 is 0. The van der Waals surface area contributed by atoms with Crippen LogP contribution in [0, 0.1) is 0 Å². The summed E-state index contributed by atoms with van der Waals surface area (Å²) in [6, 6.07) is 0.741. The van der Waals surface area contributed by atoms with Gasteiger partial charge in [0.2, 0.25) is 0 Å². The fraction of sp³-hybridized carbons (Fsp3) is 1.00. The average Bonchev–Trinajstić information content (AvgIpc) is 2.78. The number of hydrogen-bond donors (Lipinski definition) is 1. The highest BCUT2D eigenvalue weighted by Crippen LogP contribution is 2.35. The molecule has 1 N–H and O–H groups in total. The third-order valence-corrected chi connectivity index (χ3v) is 5.45. The van der Waals surface area contributed by atoms with Crippen molar-refractivity contribution in [1.82, 2.24) is 5.32 Å². The summed E-state index contributed by atoms with van der Waals surface area (Å²) in [5.41, 5.74) is 0. The molecule has 0 aromatic rings. The Labute approximate surface area is 106 Å². The van der Waals surface area contributed by atoms with Crippen molar-refractivity contribution in [2.24, 2.45) is 0 Å². The lowest BCUT2D eigenvalue weighted by atomic mass is 10.1. The van der Waals surface area contributed by atoms with E-state index in [9.17, 15) is 0 Å². The van der Waals surface area contributed by atoms with Crippen LogP contribution in [0.5, 0.6) is 0 Å². The molecule has 1 saturated carbocycles. The predicted octanol–water partition coefficient (Wildman–Crippen LogP) is 4.22. The van der Waals surface area contributed by atoms with E-state index in [2.05, 4.69) is 37.8 Å². The number of rotatable bonds is 8. The third kappa shape index (κ3) is 4.67. The molecule has 0 amide bonds. The number of nitrogens with one attached hydrogen (secondary N) is 1. The molecule has 1 rings (SSSR count). The zero-order valence-electron chi connectivity index (χ0n) is 11.3. The van der Waals surface area contributed by atoms with E-state index in [1.807, 2.05) is 0 Å². The minimum absolute atomic E-state index is 0.741. The third-order valence-electron chi connectivity index (χ3n) is 3.59. The van der Waals surface area contributed by atoms with Crippen molar-refractivity contribution in [2.75, 3.05) is 6.54 Å². The molecule has 1 nitrogen and oxygen atoms in total. The Morgan fingerprint density at radius 1 is 1.19 bits per heavy atom. The Morgan fingerprint density at radius 2 is 1.88 bits per heavy atom. The van der Waals surface area contributed by atoms with Gasteiger partial charge >= 0.3 is 0 Å². The van der Waals surface area contributed by atoms with Gasteiger partial charge in [-0.1, -0.05) is 40.0 Å². The van der Waals surface area contributed by atoms with Gasteiger partial charge in [0.05, 0.1) is 0 Å². The normalized spacial score (nSPS) is 21.2. The first kappa shape index (κ1) is 14.4. The van der Waals surface area contributed by atoms with E-state index in [0.29, 0.717) is 0 Å². The summed E-state index contributed by atoms with van der Waals surface area (Å²) >= 11 is 2.28. The SMILES string of the molecule is CCCC(NCC)C(CC)SC1CCCC1. The molecule has 0 heterocycles. The van der Waals surface area contributed by atoms with Gasteiger partial charge in [-0.05, 0) is 32.2 Å². The molecule has 2 heteroatoms. The van der Waals surface area contributed by atoms with Gasteiger partial charge in [0.1, 0.15) is 0 Å². The van der Waals surface area contributed by atoms with E-state index in [1.54, 1.807) is 0 Å². The van der Waals surface area contributed by atoms with Crippen LogP contribution in [0.4, 0.5) is 0 Å². The predicted molar refractivity (Wildman–Crippen MR) is 76.3 cm³/mol. The second kappa shape index (κ2) is 8.41. The minimum atomic E-state index is 0.741. The van der Waals surface area contributed by atoms with Crippen LogP contribution in [-0.2, 0) is 0 Å². The van der Waals surface area contributed by atoms with Crippen LogP contribution >= 0.6 is 11.8 Å². The van der Waals surface area contributed by atoms with Crippen molar-refractivity contribution in [3.05, 3.63) is 0 Å². The average molecular weight is 243 g/mol. The summed E-state index contributed by atoms with van der Waals surface area (Å²) in [5, 5.41) is 5.48. The van der Waals surface area contributed by atoms with Crippen LogP contribution in [0.15, 0.2) is 0 Å². The van der Waals surface area contributed by atoms with E-state index < -0.39 is 0 Å². The second-order valence-electron chi connectivity index (χ2n) is 4.94. The van der Waals surface area contributed by atoms with Gasteiger partial charge in [0.15, 0.2) is 0 Å². The van der Waals surface area contributed by atoms with Gasteiger partial charge in [-0.15, -0.1) is 0 Å². The molecular weight excluding hydrogens is 214 g/mol. The molecule has 0 aromatic heterocycles. The highest BCUT2D eigenvalue weighted by Gasteiger charge is 2.24. The van der Waals surface area contributed by atoms with Crippen LogP contribution in [0.2, 0.25) is 0 Å². The van der Waals surface area contributed by atoms with E-state index >= 15 is 0 Å². The van der Waals surface area contributed by atoms with Crippen molar-refractivity contribution in [1.29, 1.82) is 0 Å². The summed E-state index contributed by atoms with van der Waals surface area (Å²) in [6.07, 6.45) is 9.82. The quantitative estimate of drug-likeness (QED) is 0.685. The molecule has 2 unspecified atom stereocenters. The largest absolute Gasteiger partial charge is 0.313 e. The minimum Gasteiger partial charge on any atom is -0.313 e. The van der Waals surface area contributed by atoms with Gasteiger partial charge in [-0.3, -0.25) is 0 Å². The van der Waals surface area contributed by atoms with E-state index in [-0.39, 0.29) is 0 Å². The first-order valence-corrected chi connectivity index (χ1v) is 8.14. The highest BCUT2D eigenvalue weighted by molar-refractivity contribution is 8.00. The van der Waals surface area contributed by atoms with Crippen LogP contribution in [0.3, 0.4) is 0 Å². The molecule has 0 bridgehead atoms. The highest BCUT2D eigenvalue weighted by atomic mass is 32.2. The molecule has 2 atom stereocenters. The van der Waals surface area contributed by atoms with Crippen molar-refractivity contribution in [3.63, 3.8) is 0 Å².